The smallest absolute Gasteiger partial charge is 0.306 e. The van der Waals surface area contributed by atoms with E-state index in [1.807, 2.05) is 25.1 Å². The Hall–Kier alpha value is -1.71. The van der Waals surface area contributed by atoms with Crippen molar-refractivity contribution in [2.75, 3.05) is 13.4 Å². The first-order chi connectivity index (χ1) is 9.74. The number of carbonyl (C=O) groups is 1. The van der Waals surface area contributed by atoms with Gasteiger partial charge in [-0.15, -0.1) is 0 Å². The SMILES string of the molecule is CCCOC(=O)CC(CCC)c1ccc2c(c1)OCO2. The monoisotopic (exact) mass is 278 g/mol. The van der Waals surface area contributed by atoms with Crippen molar-refractivity contribution < 1.29 is 19.0 Å². The van der Waals surface area contributed by atoms with E-state index in [0.29, 0.717) is 13.0 Å². The predicted octanol–water partition coefficient (Wildman–Crippen LogP) is 3.64. The summed E-state index contributed by atoms with van der Waals surface area (Å²) >= 11 is 0. The van der Waals surface area contributed by atoms with Crippen LogP contribution in [0, 0.1) is 0 Å². The van der Waals surface area contributed by atoms with E-state index in [2.05, 4.69) is 6.92 Å². The van der Waals surface area contributed by atoms with Gasteiger partial charge in [0.25, 0.3) is 0 Å². The van der Waals surface area contributed by atoms with Crippen LogP contribution in [0.3, 0.4) is 0 Å². The molecule has 1 aliphatic rings. The molecule has 0 fully saturated rings. The molecule has 0 saturated heterocycles. The second kappa shape index (κ2) is 7.17. The summed E-state index contributed by atoms with van der Waals surface area (Å²) in [6.07, 6.45) is 3.27. The first-order valence-electron chi connectivity index (χ1n) is 7.29. The number of ether oxygens (including phenoxy) is 3. The maximum Gasteiger partial charge on any atom is 0.306 e. The van der Waals surface area contributed by atoms with Gasteiger partial charge in [0.1, 0.15) is 0 Å². The molecule has 4 nitrogen and oxygen atoms in total. The average molecular weight is 278 g/mol. The van der Waals surface area contributed by atoms with Gasteiger partial charge in [-0.1, -0.05) is 26.3 Å². The van der Waals surface area contributed by atoms with Gasteiger partial charge in [0.2, 0.25) is 6.79 Å². The maximum absolute atomic E-state index is 11.8. The molecule has 0 N–H and O–H groups in total. The number of carbonyl (C=O) groups excluding carboxylic acids is 1. The molecule has 2 rings (SSSR count). The normalized spacial score (nSPS) is 14.1. The lowest BCUT2D eigenvalue weighted by molar-refractivity contribution is -0.144. The number of hydrogen-bond donors (Lipinski definition) is 0. The lowest BCUT2D eigenvalue weighted by Crippen LogP contribution is -2.11. The van der Waals surface area contributed by atoms with Gasteiger partial charge in [-0.05, 0) is 36.5 Å². The van der Waals surface area contributed by atoms with Crippen LogP contribution in [0.5, 0.6) is 11.5 Å². The number of rotatable bonds is 7. The van der Waals surface area contributed by atoms with Crippen LogP contribution in [0.4, 0.5) is 0 Å². The number of esters is 1. The summed E-state index contributed by atoms with van der Waals surface area (Å²) in [6, 6.07) is 5.91. The van der Waals surface area contributed by atoms with E-state index in [-0.39, 0.29) is 18.7 Å². The Labute approximate surface area is 120 Å². The van der Waals surface area contributed by atoms with Gasteiger partial charge in [0.05, 0.1) is 13.0 Å². The first kappa shape index (κ1) is 14.7. The fourth-order valence-corrected chi connectivity index (χ4v) is 2.38. The number of benzene rings is 1. The zero-order valence-electron chi connectivity index (χ0n) is 12.2. The summed E-state index contributed by atoms with van der Waals surface area (Å²) in [4.78, 5) is 11.8. The highest BCUT2D eigenvalue weighted by atomic mass is 16.7. The summed E-state index contributed by atoms with van der Waals surface area (Å²) in [5.41, 5.74) is 1.12. The Morgan fingerprint density at radius 2 is 2.05 bits per heavy atom. The highest BCUT2D eigenvalue weighted by Crippen LogP contribution is 2.36. The molecule has 0 saturated carbocycles. The standard InChI is InChI=1S/C16H22O4/c1-3-5-12(10-16(17)18-8-4-2)13-6-7-14-15(9-13)20-11-19-14/h6-7,9,12H,3-5,8,10-11H2,1-2H3. The Bertz CT molecular complexity index is 456. The molecule has 110 valence electrons. The molecule has 1 heterocycles. The second-order valence-electron chi connectivity index (χ2n) is 5.02. The Morgan fingerprint density at radius 3 is 2.80 bits per heavy atom. The topological polar surface area (TPSA) is 44.8 Å². The van der Waals surface area contributed by atoms with E-state index in [4.69, 9.17) is 14.2 Å². The third kappa shape index (κ3) is 3.65. The summed E-state index contributed by atoms with van der Waals surface area (Å²) in [5.74, 6) is 1.60. The van der Waals surface area contributed by atoms with Crippen molar-refractivity contribution in [2.24, 2.45) is 0 Å². The number of fused-ring (bicyclic) bond motifs is 1. The summed E-state index contributed by atoms with van der Waals surface area (Å²) in [6.45, 7) is 4.89. The van der Waals surface area contributed by atoms with Crippen molar-refractivity contribution in [1.29, 1.82) is 0 Å². The maximum atomic E-state index is 11.8. The minimum atomic E-state index is -0.122. The fourth-order valence-electron chi connectivity index (χ4n) is 2.38. The van der Waals surface area contributed by atoms with Crippen molar-refractivity contribution in [3.05, 3.63) is 23.8 Å². The lowest BCUT2D eigenvalue weighted by atomic mass is 9.91. The van der Waals surface area contributed by atoms with Crippen molar-refractivity contribution >= 4 is 5.97 Å². The molecule has 0 aromatic heterocycles. The van der Waals surface area contributed by atoms with Crippen LogP contribution < -0.4 is 9.47 Å². The van der Waals surface area contributed by atoms with Crippen LogP contribution >= 0.6 is 0 Å². The van der Waals surface area contributed by atoms with E-state index >= 15 is 0 Å². The lowest BCUT2D eigenvalue weighted by Gasteiger charge is -2.16. The van der Waals surface area contributed by atoms with Gasteiger partial charge >= 0.3 is 5.97 Å². The molecule has 0 spiro atoms. The summed E-state index contributed by atoms with van der Waals surface area (Å²) in [5, 5.41) is 0. The molecule has 0 amide bonds. The predicted molar refractivity (Wildman–Crippen MR) is 76.1 cm³/mol. The molecule has 4 heteroatoms. The highest BCUT2D eigenvalue weighted by molar-refractivity contribution is 5.70. The van der Waals surface area contributed by atoms with Crippen LogP contribution in [-0.4, -0.2) is 19.4 Å². The second-order valence-corrected chi connectivity index (χ2v) is 5.02. The quantitative estimate of drug-likeness (QED) is 0.714. The zero-order chi connectivity index (χ0) is 14.4. The zero-order valence-corrected chi connectivity index (χ0v) is 12.2. The van der Waals surface area contributed by atoms with Crippen molar-refractivity contribution in [3.63, 3.8) is 0 Å². The largest absolute Gasteiger partial charge is 0.466 e. The van der Waals surface area contributed by atoms with E-state index in [9.17, 15) is 4.79 Å². The summed E-state index contributed by atoms with van der Waals surface area (Å²) < 4.78 is 15.9. The van der Waals surface area contributed by atoms with Gasteiger partial charge in [-0.25, -0.2) is 0 Å². The molecule has 1 atom stereocenters. The Kier molecular flexibility index (Phi) is 5.27. The molecular formula is C16H22O4. The summed E-state index contributed by atoms with van der Waals surface area (Å²) in [7, 11) is 0. The molecule has 1 aromatic carbocycles. The number of hydrogen-bond acceptors (Lipinski definition) is 4. The van der Waals surface area contributed by atoms with E-state index in [1.54, 1.807) is 0 Å². The molecular weight excluding hydrogens is 256 g/mol. The minimum absolute atomic E-state index is 0.122. The van der Waals surface area contributed by atoms with Gasteiger partial charge < -0.3 is 14.2 Å². The van der Waals surface area contributed by atoms with E-state index in [0.717, 1.165) is 36.3 Å². The van der Waals surface area contributed by atoms with Crippen LogP contribution in [0.1, 0.15) is 51.0 Å². The van der Waals surface area contributed by atoms with Crippen LogP contribution in [0.25, 0.3) is 0 Å². The van der Waals surface area contributed by atoms with E-state index < -0.39 is 0 Å². The first-order valence-corrected chi connectivity index (χ1v) is 7.29. The molecule has 0 aliphatic carbocycles. The van der Waals surface area contributed by atoms with Gasteiger partial charge in [-0.2, -0.15) is 0 Å². The molecule has 20 heavy (non-hydrogen) atoms. The molecule has 1 aromatic rings. The fraction of sp³-hybridized carbons (Fsp3) is 0.562. The third-order valence-electron chi connectivity index (χ3n) is 3.39. The Morgan fingerprint density at radius 1 is 1.25 bits per heavy atom. The van der Waals surface area contributed by atoms with Crippen LogP contribution in [0.15, 0.2) is 18.2 Å². The molecule has 0 radical (unpaired) electrons. The molecule has 0 bridgehead atoms. The Balaban J connectivity index is 2.05. The minimum Gasteiger partial charge on any atom is -0.466 e. The van der Waals surface area contributed by atoms with Crippen molar-refractivity contribution in [2.45, 2.75) is 45.4 Å². The highest BCUT2D eigenvalue weighted by Gasteiger charge is 2.20. The van der Waals surface area contributed by atoms with Crippen LogP contribution in [0.2, 0.25) is 0 Å². The van der Waals surface area contributed by atoms with Crippen molar-refractivity contribution in [1.82, 2.24) is 0 Å². The van der Waals surface area contributed by atoms with Gasteiger partial charge in [0.15, 0.2) is 11.5 Å². The van der Waals surface area contributed by atoms with Crippen molar-refractivity contribution in [3.8, 4) is 11.5 Å². The average Bonchev–Trinajstić information content (AvgIpc) is 2.92. The van der Waals surface area contributed by atoms with Gasteiger partial charge in [0, 0.05) is 0 Å². The van der Waals surface area contributed by atoms with Gasteiger partial charge in [-0.3, -0.25) is 4.79 Å². The third-order valence-corrected chi connectivity index (χ3v) is 3.39. The molecule has 1 unspecified atom stereocenters. The molecule has 1 aliphatic heterocycles. The van der Waals surface area contributed by atoms with Crippen LogP contribution in [-0.2, 0) is 9.53 Å². The van der Waals surface area contributed by atoms with E-state index in [1.165, 1.54) is 0 Å².